The zero-order valence-corrected chi connectivity index (χ0v) is 15.7. The normalized spacial score (nSPS) is 17.2. The lowest BCUT2D eigenvalue weighted by Crippen LogP contribution is -2.40. The molecule has 0 unspecified atom stereocenters. The molecule has 26 heavy (non-hydrogen) atoms. The number of hydrogen-bond donors (Lipinski definition) is 0. The second kappa shape index (κ2) is 8.86. The van der Waals surface area contributed by atoms with Gasteiger partial charge in [0.1, 0.15) is 5.75 Å². The maximum absolute atomic E-state index is 12.9. The Morgan fingerprint density at radius 3 is 2.50 bits per heavy atom. The third kappa shape index (κ3) is 4.25. The van der Waals surface area contributed by atoms with Crippen molar-refractivity contribution in [3.63, 3.8) is 0 Å². The largest absolute Gasteiger partial charge is 0.494 e. The number of ether oxygens (including phenoxy) is 1. The van der Waals surface area contributed by atoms with Crippen LogP contribution in [0.25, 0.3) is 0 Å². The van der Waals surface area contributed by atoms with Gasteiger partial charge in [0.05, 0.1) is 13.2 Å². The van der Waals surface area contributed by atoms with Crippen LogP contribution in [0.1, 0.15) is 38.3 Å². The first kappa shape index (κ1) is 18.5. The standard InChI is InChI=1S/C22H28N2O2/c1-3-24(19-9-6-5-7-10-19)22(25)17-23-16-8-11-21(23)18-12-14-20(15-13-18)26-4-2/h5-7,9-10,12-15,21H,3-4,8,11,16-17H2,1-2H3/t21-/m0/s1. The molecule has 1 fully saturated rings. The Bertz CT molecular complexity index is 700. The summed E-state index contributed by atoms with van der Waals surface area (Å²) in [6.07, 6.45) is 2.22. The molecule has 1 aliphatic heterocycles. The number of para-hydroxylation sites is 1. The van der Waals surface area contributed by atoms with Crippen LogP contribution >= 0.6 is 0 Å². The molecule has 138 valence electrons. The lowest BCUT2D eigenvalue weighted by atomic mass is 10.0. The van der Waals surface area contributed by atoms with Crippen LogP contribution < -0.4 is 9.64 Å². The maximum Gasteiger partial charge on any atom is 0.241 e. The molecule has 4 nitrogen and oxygen atoms in total. The van der Waals surface area contributed by atoms with Gasteiger partial charge in [-0.2, -0.15) is 0 Å². The van der Waals surface area contributed by atoms with Crippen LogP contribution in [0, 0.1) is 0 Å². The monoisotopic (exact) mass is 352 g/mol. The van der Waals surface area contributed by atoms with Crippen LogP contribution in [-0.2, 0) is 4.79 Å². The first-order chi connectivity index (χ1) is 12.7. The van der Waals surface area contributed by atoms with Crippen LogP contribution in [-0.4, -0.2) is 37.0 Å². The molecule has 0 aromatic heterocycles. The van der Waals surface area contributed by atoms with Crippen LogP contribution in [0.5, 0.6) is 5.75 Å². The number of likely N-dealkylation sites (N-methyl/N-ethyl adjacent to an activating group) is 1. The molecule has 3 rings (SSSR count). The molecule has 0 radical (unpaired) electrons. The quantitative estimate of drug-likeness (QED) is 0.746. The third-order valence-electron chi connectivity index (χ3n) is 4.96. The van der Waals surface area contributed by atoms with E-state index in [1.54, 1.807) is 0 Å². The summed E-state index contributed by atoms with van der Waals surface area (Å²) in [5.41, 5.74) is 2.23. The Hall–Kier alpha value is -2.33. The van der Waals surface area contributed by atoms with E-state index < -0.39 is 0 Å². The maximum atomic E-state index is 12.9. The first-order valence-corrected chi connectivity index (χ1v) is 9.55. The molecule has 1 saturated heterocycles. The molecule has 1 heterocycles. The number of hydrogen-bond acceptors (Lipinski definition) is 3. The predicted octanol–water partition coefficient (Wildman–Crippen LogP) is 4.28. The molecule has 1 amide bonds. The summed E-state index contributed by atoms with van der Waals surface area (Å²) in [6, 6.07) is 18.5. The van der Waals surface area contributed by atoms with E-state index in [0.29, 0.717) is 25.7 Å². The minimum absolute atomic E-state index is 0.163. The molecule has 1 aliphatic rings. The van der Waals surface area contributed by atoms with Crippen molar-refractivity contribution in [1.29, 1.82) is 0 Å². The Balaban J connectivity index is 1.69. The van der Waals surface area contributed by atoms with Crippen molar-refractivity contribution >= 4 is 11.6 Å². The highest BCUT2D eigenvalue weighted by atomic mass is 16.5. The topological polar surface area (TPSA) is 32.8 Å². The van der Waals surface area contributed by atoms with Crippen molar-refractivity contribution < 1.29 is 9.53 Å². The van der Waals surface area contributed by atoms with Gasteiger partial charge in [-0.25, -0.2) is 0 Å². The fourth-order valence-electron chi connectivity index (χ4n) is 3.72. The highest BCUT2D eigenvalue weighted by Gasteiger charge is 2.29. The molecule has 4 heteroatoms. The molecule has 0 aliphatic carbocycles. The van der Waals surface area contributed by atoms with Gasteiger partial charge in [-0.3, -0.25) is 9.69 Å². The van der Waals surface area contributed by atoms with Gasteiger partial charge < -0.3 is 9.64 Å². The lowest BCUT2D eigenvalue weighted by Gasteiger charge is -2.28. The highest BCUT2D eigenvalue weighted by Crippen LogP contribution is 2.32. The van der Waals surface area contributed by atoms with Crippen LogP contribution in [0.4, 0.5) is 5.69 Å². The predicted molar refractivity (Wildman–Crippen MR) is 106 cm³/mol. The first-order valence-electron chi connectivity index (χ1n) is 9.55. The van der Waals surface area contributed by atoms with Crippen LogP contribution in [0.15, 0.2) is 54.6 Å². The van der Waals surface area contributed by atoms with Crippen molar-refractivity contribution in [2.75, 3.05) is 31.1 Å². The van der Waals surface area contributed by atoms with Gasteiger partial charge in [-0.1, -0.05) is 30.3 Å². The van der Waals surface area contributed by atoms with Crippen LogP contribution in [0.2, 0.25) is 0 Å². The lowest BCUT2D eigenvalue weighted by molar-refractivity contribution is -0.119. The van der Waals surface area contributed by atoms with Crippen LogP contribution in [0.3, 0.4) is 0 Å². The minimum atomic E-state index is 0.163. The summed E-state index contributed by atoms with van der Waals surface area (Å²) in [7, 11) is 0. The molecule has 0 bridgehead atoms. The van der Waals surface area contributed by atoms with Crippen molar-refractivity contribution in [2.24, 2.45) is 0 Å². The van der Waals surface area contributed by atoms with E-state index in [4.69, 9.17) is 4.74 Å². The second-order valence-corrected chi connectivity index (χ2v) is 6.60. The van der Waals surface area contributed by atoms with E-state index in [2.05, 4.69) is 17.0 Å². The van der Waals surface area contributed by atoms with Crippen molar-refractivity contribution in [3.8, 4) is 5.75 Å². The number of amides is 1. The summed E-state index contributed by atoms with van der Waals surface area (Å²) >= 11 is 0. The molecule has 2 aromatic rings. The minimum Gasteiger partial charge on any atom is -0.494 e. The summed E-state index contributed by atoms with van der Waals surface area (Å²) in [6.45, 7) is 6.81. The highest BCUT2D eigenvalue weighted by molar-refractivity contribution is 5.94. The third-order valence-corrected chi connectivity index (χ3v) is 4.96. The smallest absolute Gasteiger partial charge is 0.241 e. The van der Waals surface area contributed by atoms with Crippen molar-refractivity contribution in [1.82, 2.24) is 4.90 Å². The number of carbonyl (C=O) groups is 1. The Labute approximate surface area is 156 Å². The average molecular weight is 352 g/mol. The molecule has 0 saturated carbocycles. The van der Waals surface area contributed by atoms with Gasteiger partial charge in [-0.15, -0.1) is 0 Å². The molecule has 1 atom stereocenters. The molecule has 2 aromatic carbocycles. The summed E-state index contributed by atoms with van der Waals surface area (Å²) in [4.78, 5) is 17.1. The number of rotatable bonds is 7. The number of carbonyl (C=O) groups excluding carboxylic acids is 1. The van der Waals surface area contributed by atoms with Crippen molar-refractivity contribution in [3.05, 3.63) is 60.2 Å². The zero-order valence-electron chi connectivity index (χ0n) is 15.7. The Morgan fingerprint density at radius 1 is 1.12 bits per heavy atom. The van der Waals surface area contributed by atoms with Gasteiger partial charge in [0.25, 0.3) is 0 Å². The summed E-state index contributed by atoms with van der Waals surface area (Å²) in [5.74, 6) is 1.06. The molecular weight excluding hydrogens is 324 g/mol. The molecular formula is C22H28N2O2. The fraction of sp³-hybridized carbons (Fsp3) is 0.409. The van der Waals surface area contributed by atoms with E-state index in [1.165, 1.54) is 5.56 Å². The Kier molecular flexibility index (Phi) is 6.29. The van der Waals surface area contributed by atoms with E-state index in [9.17, 15) is 4.79 Å². The van der Waals surface area contributed by atoms with Gasteiger partial charge in [0.15, 0.2) is 0 Å². The second-order valence-electron chi connectivity index (χ2n) is 6.60. The number of benzene rings is 2. The van der Waals surface area contributed by atoms with Gasteiger partial charge in [0, 0.05) is 18.3 Å². The fourth-order valence-corrected chi connectivity index (χ4v) is 3.72. The molecule has 0 N–H and O–H groups in total. The number of nitrogens with zero attached hydrogens (tertiary/aromatic N) is 2. The number of anilines is 1. The van der Waals surface area contributed by atoms with E-state index in [-0.39, 0.29) is 5.91 Å². The average Bonchev–Trinajstić information content (AvgIpc) is 3.12. The van der Waals surface area contributed by atoms with Gasteiger partial charge in [0.2, 0.25) is 5.91 Å². The van der Waals surface area contributed by atoms with Crippen molar-refractivity contribution in [2.45, 2.75) is 32.7 Å². The number of likely N-dealkylation sites (tertiary alicyclic amines) is 1. The summed E-state index contributed by atoms with van der Waals surface area (Å²) < 4.78 is 5.54. The summed E-state index contributed by atoms with van der Waals surface area (Å²) in [5, 5.41) is 0. The Morgan fingerprint density at radius 2 is 1.85 bits per heavy atom. The molecule has 0 spiro atoms. The van der Waals surface area contributed by atoms with E-state index >= 15 is 0 Å². The van der Waals surface area contributed by atoms with Gasteiger partial charge in [-0.05, 0) is 63.1 Å². The van der Waals surface area contributed by atoms with Gasteiger partial charge >= 0.3 is 0 Å². The zero-order chi connectivity index (χ0) is 18.4. The van der Waals surface area contributed by atoms with E-state index in [1.807, 2.05) is 61.2 Å². The SMILES string of the molecule is CCOc1ccc([C@@H]2CCCN2CC(=O)N(CC)c2ccccc2)cc1. The van der Waals surface area contributed by atoms with E-state index in [0.717, 1.165) is 30.8 Å².